The van der Waals surface area contributed by atoms with E-state index in [1.807, 2.05) is 55.5 Å². The van der Waals surface area contributed by atoms with Crippen molar-refractivity contribution in [2.75, 3.05) is 13.1 Å². The fraction of sp³-hybridized carbons (Fsp3) is 0.289. The van der Waals surface area contributed by atoms with Gasteiger partial charge in [-0.15, -0.1) is 0 Å². The summed E-state index contributed by atoms with van der Waals surface area (Å²) in [6, 6.07) is 19.0. The van der Waals surface area contributed by atoms with Gasteiger partial charge in [0.25, 0.3) is 5.56 Å². The van der Waals surface area contributed by atoms with Crippen molar-refractivity contribution in [3.8, 4) is 33.5 Å². The molecule has 7 rings (SSSR count). The number of amides is 2. The van der Waals surface area contributed by atoms with Crippen LogP contribution in [-0.4, -0.2) is 51.4 Å². The fourth-order valence-electron chi connectivity index (χ4n) is 6.75. The first kappa shape index (κ1) is 33.5. The lowest BCUT2D eigenvalue weighted by molar-refractivity contribution is -0.120. The summed E-state index contributed by atoms with van der Waals surface area (Å²) in [5.41, 5.74) is 6.96. The molecule has 5 aromatic rings. The van der Waals surface area contributed by atoms with Gasteiger partial charge in [-0.05, 0) is 60.2 Å². The minimum absolute atomic E-state index is 0.0479. The van der Waals surface area contributed by atoms with Gasteiger partial charge in [0.1, 0.15) is 5.65 Å². The molecule has 2 atom stereocenters. The molecule has 2 aliphatic heterocycles. The Balaban J connectivity index is 1.09. The number of carbonyl (C=O) groups is 2. The third-order valence-corrected chi connectivity index (χ3v) is 9.91. The van der Waals surface area contributed by atoms with Gasteiger partial charge in [-0.25, -0.2) is 9.97 Å². The van der Waals surface area contributed by atoms with Gasteiger partial charge in [0.15, 0.2) is 0 Å². The van der Waals surface area contributed by atoms with Crippen LogP contribution in [0, 0.1) is 12.9 Å². The summed E-state index contributed by atoms with van der Waals surface area (Å²) >= 11 is 7.02. The summed E-state index contributed by atoms with van der Waals surface area (Å²) in [4.78, 5) is 45.0. The molecule has 0 unspecified atom stereocenters. The van der Waals surface area contributed by atoms with Crippen LogP contribution in [0.1, 0.15) is 42.4 Å². The SMILES string of the molecule is Cc1c(-c2ccn3c(=O)c(CNC[C@H]4CCC(=O)N4)cnc3c2)cccc1-c1cccc(-c2ccc(CNC[C@@H]3CCC(=O)N3)c(F)n2)c1Cl. The lowest BCUT2D eigenvalue weighted by Crippen LogP contribution is -2.36. The number of pyridine rings is 2. The monoisotopic (exact) mass is 693 g/mol. The molecule has 50 heavy (non-hydrogen) atoms. The Morgan fingerprint density at radius 1 is 0.840 bits per heavy atom. The van der Waals surface area contributed by atoms with Crippen LogP contribution >= 0.6 is 11.6 Å². The number of fused-ring (bicyclic) bond motifs is 1. The first-order chi connectivity index (χ1) is 24.2. The van der Waals surface area contributed by atoms with Gasteiger partial charge >= 0.3 is 0 Å². The van der Waals surface area contributed by atoms with E-state index >= 15 is 4.39 Å². The van der Waals surface area contributed by atoms with Gasteiger partial charge in [-0.3, -0.25) is 18.8 Å². The van der Waals surface area contributed by atoms with E-state index in [9.17, 15) is 14.4 Å². The predicted octanol–water partition coefficient (Wildman–Crippen LogP) is 4.93. The molecule has 5 heterocycles. The van der Waals surface area contributed by atoms with Crippen molar-refractivity contribution in [1.82, 2.24) is 35.6 Å². The second-order valence-corrected chi connectivity index (χ2v) is 13.3. The second-order valence-electron chi connectivity index (χ2n) is 12.9. The molecule has 12 heteroatoms. The summed E-state index contributed by atoms with van der Waals surface area (Å²) in [6.07, 6.45) is 5.97. The molecule has 0 spiro atoms. The van der Waals surface area contributed by atoms with E-state index in [1.165, 1.54) is 0 Å². The van der Waals surface area contributed by atoms with Crippen molar-refractivity contribution >= 4 is 29.1 Å². The Morgan fingerprint density at radius 3 is 2.14 bits per heavy atom. The first-order valence-corrected chi connectivity index (χ1v) is 17.2. The summed E-state index contributed by atoms with van der Waals surface area (Å²) in [6.45, 7) is 3.84. The summed E-state index contributed by atoms with van der Waals surface area (Å²) in [5.74, 6) is -0.463. The molecule has 2 amide bonds. The zero-order chi connectivity index (χ0) is 34.8. The maximum atomic E-state index is 15.1. The molecular weight excluding hydrogens is 657 g/mol. The van der Waals surface area contributed by atoms with Crippen molar-refractivity contribution in [3.63, 3.8) is 0 Å². The number of carbonyl (C=O) groups excluding carboxylic acids is 2. The number of hydrogen-bond acceptors (Lipinski definition) is 7. The number of rotatable bonds is 11. The van der Waals surface area contributed by atoms with Crippen LogP contribution in [-0.2, 0) is 22.7 Å². The molecule has 0 saturated carbocycles. The van der Waals surface area contributed by atoms with Gasteiger partial charge in [-0.2, -0.15) is 4.39 Å². The molecule has 4 N–H and O–H groups in total. The van der Waals surface area contributed by atoms with E-state index in [0.29, 0.717) is 72.1 Å². The third-order valence-electron chi connectivity index (χ3n) is 9.50. The number of nitrogens with one attached hydrogen (secondary N) is 4. The molecule has 256 valence electrons. The Morgan fingerprint density at radius 2 is 1.48 bits per heavy atom. The molecule has 2 aromatic carbocycles. The Kier molecular flexibility index (Phi) is 9.71. The van der Waals surface area contributed by atoms with Crippen LogP contribution < -0.4 is 26.8 Å². The molecule has 0 bridgehead atoms. The third kappa shape index (κ3) is 7.02. The van der Waals surface area contributed by atoms with E-state index < -0.39 is 5.95 Å². The molecule has 2 aliphatic rings. The van der Waals surface area contributed by atoms with Crippen LogP contribution in [0.5, 0.6) is 0 Å². The summed E-state index contributed by atoms with van der Waals surface area (Å²) in [7, 11) is 0. The molecule has 0 radical (unpaired) electrons. The molecule has 2 fully saturated rings. The highest BCUT2D eigenvalue weighted by Crippen LogP contribution is 2.39. The summed E-state index contributed by atoms with van der Waals surface area (Å²) in [5, 5.41) is 12.8. The second kappa shape index (κ2) is 14.5. The fourth-order valence-corrected chi connectivity index (χ4v) is 7.07. The molecule has 3 aromatic heterocycles. The lowest BCUT2D eigenvalue weighted by Gasteiger charge is -2.16. The number of hydrogen-bond donors (Lipinski definition) is 4. The molecule has 10 nitrogen and oxygen atoms in total. The van der Waals surface area contributed by atoms with Crippen LogP contribution in [0.4, 0.5) is 4.39 Å². The summed E-state index contributed by atoms with van der Waals surface area (Å²) < 4.78 is 16.7. The Labute approximate surface area is 293 Å². The quantitative estimate of drug-likeness (QED) is 0.145. The van der Waals surface area contributed by atoms with Crippen LogP contribution in [0.15, 0.2) is 77.9 Å². The van der Waals surface area contributed by atoms with Crippen molar-refractivity contribution in [2.24, 2.45) is 0 Å². The highest BCUT2D eigenvalue weighted by atomic mass is 35.5. The zero-order valence-corrected chi connectivity index (χ0v) is 28.3. The van der Waals surface area contributed by atoms with Crippen LogP contribution in [0.3, 0.4) is 0 Å². The molecule has 0 aliphatic carbocycles. The highest BCUT2D eigenvalue weighted by molar-refractivity contribution is 6.36. The number of nitrogens with zero attached hydrogens (tertiary/aromatic N) is 3. The maximum Gasteiger partial charge on any atom is 0.262 e. The smallest absolute Gasteiger partial charge is 0.262 e. The maximum absolute atomic E-state index is 15.1. The normalized spacial score (nSPS) is 17.3. The average Bonchev–Trinajstić information content (AvgIpc) is 3.73. The first-order valence-electron chi connectivity index (χ1n) is 16.8. The van der Waals surface area contributed by atoms with E-state index in [2.05, 4.69) is 31.2 Å². The zero-order valence-electron chi connectivity index (χ0n) is 27.6. The standard InChI is InChI=1S/C38H37ClFN7O3/c1-22-28(23-14-15-47-33(16-23)43-19-25(38(47)50)18-42-21-27-10-13-35(49)45-27)4-2-5-29(22)30-6-3-7-31(36(30)39)32-11-8-24(37(40)46-32)17-41-20-26-9-12-34(48)44-26/h2-8,11,14-16,19,26-27,41-42H,9-10,12-13,17-18,20-21H2,1H3,(H,44,48)(H,45,49)/t26-,27+/m0/s1. The number of halogens is 2. The number of aromatic nitrogens is 3. The van der Waals surface area contributed by atoms with Gasteiger partial charge < -0.3 is 21.3 Å². The predicted molar refractivity (Wildman–Crippen MR) is 191 cm³/mol. The minimum Gasteiger partial charge on any atom is -0.352 e. The molecule has 2 saturated heterocycles. The van der Waals surface area contributed by atoms with Gasteiger partial charge in [0.2, 0.25) is 17.8 Å². The average molecular weight is 694 g/mol. The van der Waals surface area contributed by atoms with Gasteiger partial charge in [0.05, 0.1) is 10.7 Å². The van der Waals surface area contributed by atoms with Gasteiger partial charge in [0, 0.05) is 85.8 Å². The molecular formula is C38H37ClFN7O3. The lowest BCUT2D eigenvalue weighted by atomic mass is 9.92. The largest absolute Gasteiger partial charge is 0.352 e. The van der Waals surface area contributed by atoms with Crippen LogP contribution in [0.25, 0.3) is 39.2 Å². The number of benzene rings is 2. The van der Waals surface area contributed by atoms with Crippen LogP contribution in [0.2, 0.25) is 5.02 Å². The van der Waals surface area contributed by atoms with E-state index in [0.717, 1.165) is 40.7 Å². The van der Waals surface area contributed by atoms with Crippen molar-refractivity contribution in [3.05, 3.63) is 111 Å². The Hall–Kier alpha value is -4.97. The minimum atomic E-state index is -0.573. The topological polar surface area (TPSA) is 130 Å². The highest BCUT2D eigenvalue weighted by Gasteiger charge is 2.22. The Bertz CT molecular complexity index is 2170. The van der Waals surface area contributed by atoms with Gasteiger partial charge in [-0.1, -0.05) is 54.1 Å². The van der Waals surface area contributed by atoms with E-state index in [1.54, 1.807) is 28.9 Å². The van der Waals surface area contributed by atoms with Crippen molar-refractivity contribution in [2.45, 2.75) is 57.8 Å². The van der Waals surface area contributed by atoms with E-state index in [4.69, 9.17) is 11.6 Å². The van der Waals surface area contributed by atoms with Crippen molar-refractivity contribution < 1.29 is 14.0 Å². The van der Waals surface area contributed by atoms with Crippen molar-refractivity contribution in [1.29, 1.82) is 0 Å². The van der Waals surface area contributed by atoms with E-state index in [-0.39, 0.29) is 29.5 Å².